The molecule has 6 heteroatoms. The Hall–Kier alpha value is -0.850. The number of aliphatic hydroxyl groups is 2. The first kappa shape index (κ1) is 15.5. The minimum Gasteiger partial charge on any atom is -0.396 e. The lowest BCUT2D eigenvalue weighted by Gasteiger charge is -2.38. The number of piperidine rings is 1. The van der Waals surface area contributed by atoms with Crippen LogP contribution in [0.5, 0.6) is 0 Å². The van der Waals surface area contributed by atoms with E-state index in [9.17, 15) is 9.90 Å². The van der Waals surface area contributed by atoms with Gasteiger partial charge in [-0.15, -0.1) is 0 Å². The van der Waals surface area contributed by atoms with E-state index in [1.54, 1.807) is 4.90 Å². The molecule has 0 aromatic rings. The fraction of sp³-hybridized carbons (Fsp3) is 0.929. The fourth-order valence-electron chi connectivity index (χ4n) is 3.10. The number of nitrogens with zero attached hydrogens (tertiary/aromatic N) is 1. The summed E-state index contributed by atoms with van der Waals surface area (Å²) < 4.78 is 0. The normalized spacial score (nSPS) is 28.4. The van der Waals surface area contributed by atoms with Gasteiger partial charge in [-0.1, -0.05) is 0 Å². The van der Waals surface area contributed by atoms with Crippen molar-refractivity contribution in [1.29, 1.82) is 0 Å². The molecule has 1 heterocycles. The Kier molecular flexibility index (Phi) is 5.63. The Morgan fingerprint density at radius 1 is 1.40 bits per heavy atom. The largest absolute Gasteiger partial charge is 0.396 e. The standard InChI is InChI=1S/C14H27N3O3/c15-14(20)17-8-10(7-13(19)11-2-3-11)6-12(9-17)16-4-1-5-18/h10-13,16,18-19H,1-9H2,(H2,15,20). The van der Waals surface area contributed by atoms with E-state index < -0.39 is 0 Å². The quantitative estimate of drug-likeness (QED) is 0.490. The van der Waals surface area contributed by atoms with Crippen molar-refractivity contribution >= 4 is 6.03 Å². The van der Waals surface area contributed by atoms with Crippen LogP contribution in [-0.4, -0.2) is 59.5 Å². The number of carbonyl (C=O) groups excluding carboxylic acids is 1. The van der Waals surface area contributed by atoms with E-state index in [4.69, 9.17) is 10.8 Å². The molecule has 3 unspecified atom stereocenters. The number of likely N-dealkylation sites (tertiary alicyclic amines) is 1. The molecule has 0 bridgehead atoms. The minimum absolute atomic E-state index is 0.170. The number of hydrogen-bond acceptors (Lipinski definition) is 4. The molecular weight excluding hydrogens is 258 g/mol. The Morgan fingerprint density at radius 2 is 2.15 bits per heavy atom. The molecule has 2 aliphatic rings. The zero-order chi connectivity index (χ0) is 14.5. The maximum atomic E-state index is 11.4. The molecule has 116 valence electrons. The van der Waals surface area contributed by atoms with Gasteiger partial charge in [-0.25, -0.2) is 4.79 Å². The maximum absolute atomic E-state index is 11.4. The number of nitrogens with one attached hydrogen (secondary N) is 1. The van der Waals surface area contributed by atoms with Crippen LogP contribution in [0.25, 0.3) is 0 Å². The molecule has 0 radical (unpaired) electrons. The number of aliphatic hydroxyl groups excluding tert-OH is 2. The van der Waals surface area contributed by atoms with Crippen LogP contribution in [0.3, 0.4) is 0 Å². The second-order valence-electron chi connectivity index (χ2n) is 6.21. The summed E-state index contributed by atoms with van der Waals surface area (Å²) >= 11 is 0. The second-order valence-corrected chi connectivity index (χ2v) is 6.21. The molecule has 0 aromatic heterocycles. The Balaban J connectivity index is 1.84. The van der Waals surface area contributed by atoms with Crippen LogP contribution in [0, 0.1) is 11.8 Å². The number of nitrogens with two attached hydrogens (primary N) is 1. The van der Waals surface area contributed by atoms with E-state index in [1.807, 2.05) is 0 Å². The van der Waals surface area contributed by atoms with E-state index in [0.717, 1.165) is 32.2 Å². The van der Waals surface area contributed by atoms with Gasteiger partial charge in [0, 0.05) is 25.7 Å². The summed E-state index contributed by atoms with van der Waals surface area (Å²) in [5.41, 5.74) is 5.41. The van der Waals surface area contributed by atoms with E-state index >= 15 is 0 Å². The predicted molar refractivity (Wildman–Crippen MR) is 76.1 cm³/mol. The average Bonchev–Trinajstić information content (AvgIpc) is 3.23. The summed E-state index contributed by atoms with van der Waals surface area (Å²) in [5, 5.41) is 22.3. The van der Waals surface area contributed by atoms with Crippen molar-refractivity contribution in [3.05, 3.63) is 0 Å². The van der Waals surface area contributed by atoms with Crippen molar-refractivity contribution in [3.63, 3.8) is 0 Å². The van der Waals surface area contributed by atoms with Crippen molar-refractivity contribution in [2.24, 2.45) is 17.6 Å². The lowest BCUT2D eigenvalue weighted by atomic mass is 9.88. The van der Waals surface area contributed by atoms with E-state index in [1.165, 1.54) is 0 Å². The van der Waals surface area contributed by atoms with Crippen LogP contribution in [0.15, 0.2) is 0 Å². The average molecular weight is 285 g/mol. The zero-order valence-electron chi connectivity index (χ0n) is 12.0. The van der Waals surface area contributed by atoms with Crippen molar-refractivity contribution in [2.75, 3.05) is 26.2 Å². The van der Waals surface area contributed by atoms with Crippen LogP contribution in [0.4, 0.5) is 4.79 Å². The highest BCUT2D eigenvalue weighted by Gasteiger charge is 2.35. The molecule has 20 heavy (non-hydrogen) atoms. The molecule has 2 fully saturated rings. The van der Waals surface area contributed by atoms with Gasteiger partial charge in [0.1, 0.15) is 0 Å². The number of rotatable bonds is 7. The molecule has 1 aliphatic heterocycles. The number of urea groups is 1. The van der Waals surface area contributed by atoms with Gasteiger partial charge in [0.15, 0.2) is 0 Å². The van der Waals surface area contributed by atoms with Crippen LogP contribution in [-0.2, 0) is 0 Å². The van der Waals surface area contributed by atoms with Crippen LogP contribution in [0.1, 0.15) is 32.1 Å². The first-order valence-electron chi connectivity index (χ1n) is 7.66. The Bertz CT molecular complexity index is 323. The van der Waals surface area contributed by atoms with Gasteiger partial charge in [-0.2, -0.15) is 0 Å². The van der Waals surface area contributed by atoms with Crippen LogP contribution < -0.4 is 11.1 Å². The molecule has 2 rings (SSSR count). The highest BCUT2D eigenvalue weighted by molar-refractivity contribution is 5.72. The minimum atomic E-state index is -0.385. The third kappa shape index (κ3) is 4.61. The molecule has 5 N–H and O–H groups in total. The maximum Gasteiger partial charge on any atom is 0.314 e. The molecule has 0 spiro atoms. The summed E-state index contributed by atoms with van der Waals surface area (Å²) in [4.78, 5) is 13.1. The topological polar surface area (TPSA) is 98.8 Å². The van der Waals surface area contributed by atoms with E-state index in [0.29, 0.717) is 31.3 Å². The van der Waals surface area contributed by atoms with Gasteiger partial charge in [-0.3, -0.25) is 0 Å². The zero-order valence-corrected chi connectivity index (χ0v) is 12.0. The predicted octanol–water partition coefficient (Wildman–Crippen LogP) is -0.111. The molecule has 6 nitrogen and oxygen atoms in total. The summed E-state index contributed by atoms with van der Waals surface area (Å²) in [6.07, 6.45) is 4.46. The smallest absolute Gasteiger partial charge is 0.314 e. The van der Waals surface area contributed by atoms with Gasteiger partial charge >= 0.3 is 6.03 Å². The summed E-state index contributed by atoms with van der Waals surface area (Å²) in [5.74, 6) is 0.776. The molecule has 1 saturated carbocycles. The molecule has 1 aliphatic carbocycles. The van der Waals surface area contributed by atoms with Crippen molar-refractivity contribution < 1.29 is 15.0 Å². The third-order valence-electron chi connectivity index (χ3n) is 4.36. The third-order valence-corrected chi connectivity index (χ3v) is 4.36. The Labute approximate surface area is 120 Å². The lowest BCUT2D eigenvalue weighted by Crippen LogP contribution is -2.53. The second kappa shape index (κ2) is 7.24. The highest BCUT2D eigenvalue weighted by atomic mass is 16.3. The molecular formula is C14H27N3O3. The van der Waals surface area contributed by atoms with Crippen LogP contribution in [0.2, 0.25) is 0 Å². The molecule has 3 atom stereocenters. The number of carbonyl (C=O) groups is 1. The molecule has 1 saturated heterocycles. The first-order valence-corrected chi connectivity index (χ1v) is 7.66. The lowest BCUT2D eigenvalue weighted by molar-refractivity contribution is 0.0851. The number of hydrogen-bond donors (Lipinski definition) is 4. The van der Waals surface area contributed by atoms with Gasteiger partial charge in [0.05, 0.1) is 6.10 Å². The number of primary amides is 1. The molecule has 0 aromatic carbocycles. The number of amides is 2. The van der Waals surface area contributed by atoms with Gasteiger partial charge in [0.2, 0.25) is 0 Å². The van der Waals surface area contributed by atoms with Crippen LogP contribution >= 0.6 is 0 Å². The highest BCUT2D eigenvalue weighted by Crippen LogP contribution is 2.36. The van der Waals surface area contributed by atoms with Gasteiger partial charge < -0.3 is 26.2 Å². The summed E-state index contributed by atoms with van der Waals surface area (Å²) in [6.45, 7) is 2.18. The summed E-state index contributed by atoms with van der Waals surface area (Å²) in [6, 6.07) is -0.177. The van der Waals surface area contributed by atoms with E-state index in [2.05, 4.69) is 5.32 Å². The van der Waals surface area contributed by atoms with Gasteiger partial charge in [-0.05, 0) is 50.5 Å². The first-order chi connectivity index (χ1) is 9.60. The SMILES string of the molecule is NC(=O)N1CC(CC(O)C2CC2)CC(NCCCO)C1. The monoisotopic (exact) mass is 285 g/mol. The van der Waals surface area contributed by atoms with Gasteiger partial charge in [0.25, 0.3) is 0 Å². The van der Waals surface area contributed by atoms with Crippen molar-refractivity contribution in [2.45, 2.75) is 44.2 Å². The Morgan fingerprint density at radius 3 is 2.75 bits per heavy atom. The summed E-state index contributed by atoms with van der Waals surface area (Å²) in [7, 11) is 0. The van der Waals surface area contributed by atoms with E-state index in [-0.39, 0.29) is 24.8 Å². The van der Waals surface area contributed by atoms with Crippen molar-refractivity contribution in [1.82, 2.24) is 10.2 Å². The molecule has 2 amide bonds. The fourth-order valence-corrected chi connectivity index (χ4v) is 3.10. The van der Waals surface area contributed by atoms with Crippen molar-refractivity contribution in [3.8, 4) is 0 Å².